The summed E-state index contributed by atoms with van der Waals surface area (Å²) in [7, 11) is 0. The van der Waals surface area contributed by atoms with Crippen LogP contribution in [-0.2, 0) is 4.79 Å². The maximum atomic E-state index is 13.0. The summed E-state index contributed by atoms with van der Waals surface area (Å²) in [6.07, 6.45) is 9.86. The molecule has 1 aliphatic heterocycles. The van der Waals surface area contributed by atoms with Gasteiger partial charge in [-0.3, -0.25) is 9.69 Å². The SMILES string of the molecule is CCN(CC=CC(=O)N1CCC(n2nc(-c3ccc(Oc4ccccc4)cc3)c3c(N)ncnc32)C1)C1CCC1. The van der Waals surface area contributed by atoms with Gasteiger partial charge in [0.05, 0.1) is 11.4 Å². The van der Waals surface area contributed by atoms with Gasteiger partial charge in [-0.15, -0.1) is 0 Å². The molecule has 0 radical (unpaired) electrons. The van der Waals surface area contributed by atoms with E-state index in [9.17, 15) is 4.79 Å². The number of anilines is 1. The second kappa shape index (κ2) is 11.5. The van der Waals surface area contributed by atoms with E-state index < -0.39 is 0 Å². The minimum absolute atomic E-state index is 0.00528. The first-order valence-electron chi connectivity index (χ1n) is 14.1. The molecule has 206 valence electrons. The molecule has 2 aromatic carbocycles. The van der Waals surface area contributed by atoms with Crippen LogP contribution in [-0.4, -0.2) is 67.7 Å². The van der Waals surface area contributed by atoms with Gasteiger partial charge in [-0.1, -0.05) is 37.6 Å². The molecule has 1 unspecified atom stereocenters. The standard InChI is InChI=1S/C31H35N7O2/c1-2-36(23-8-6-9-23)18-7-12-27(39)37-19-17-24(20-37)38-31-28(30(32)33-21-34-31)29(35-38)22-13-15-26(16-14-22)40-25-10-4-3-5-11-25/h3-5,7,10-16,21,23-24H,2,6,8-9,17-20H2,1H3,(H2,32,33,34). The molecule has 1 atom stereocenters. The van der Waals surface area contributed by atoms with Gasteiger partial charge in [-0.25, -0.2) is 14.6 Å². The Morgan fingerprint density at radius 1 is 1.07 bits per heavy atom. The molecule has 9 nitrogen and oxygen atoms in total. The van der Waals surface area contributed by atoms with Crippen molar-refractivity contribution in [1.29, 1.82) is 0 Å². The summed E-state index contributed by atoms with van der Waals surface area (Å²) in [6.45, 7) is 5.27. The number of carbonyl (C=O) groups is 1. The molecule has 2 aliphatic rings. The third kappa shape index (κ3) is 5.29. The highest BCUT2D eigenvalue weighted by Crippen LogP contribution is 2.35. The van der Waals surface area contributed by atoms with E-state index in [0.717, 1.165) is 47.7 Å². The maximum absolute atomic E-state index is 13.0. The number of nitrogens with zero attached hydrogens (tertiary/aromatic N) is 6. The summed E-state index contributed by atoms with van der Waals surface area (Å²) in [5.74, 6) is 1.94. The van der Waals surface area contributed by atoms with Crippen molar-refractivity contribution in [3.05, 3.63) is 73.1 Å². The molecular weight excluding hydrogens is 502 g/mol. The second-order valence-electron chi connectivity index (χ2n) is 10.5. The third-order valence-corrected chi connectivity index (χ3v) is 8.04. The summed E-state index contributed by atoms with van der Waals surface area (Å²) < 4.78 is 7.87. The number of hydrogen-bond donors (Lipinski definition) is 1. The average Bonchev–Trinajstić information content (AvgIpc) is 3.59. The number of ether oxygens (including phenoxy) is 1. The number of hydrogen-bond acceptors (Lipinski definition) is 7. The Kier molecular flexibility index (Phi) is 7.46. The van der Waals surface area contributed by atoms with E-state index in [1.807, 2.05) is 70.3 Å². The topological polar surface area (TPSA) is 102 Å². The lowest BCUT2D eigenvalue weighted by Crippen LogP contribution is -2.40. The fraction of sp³-hybridized carbons (Fsp3) is 0.355. The van der Waals surface area contributed by atoms with Gasteiger partial charge in [0.1, 0.15) is 29.3 Å². The number of carbonyl (C=O) groups excluding carboxylic acids is 1. The van der Waals surface area contributed by atoms with Crippen LogP contribution >= 0.6 is 0 Å². The fourth-order valence-corrected chi connectivity index (χ4v) is 5.58. The number of likely N-dealkylation sites (tertiary alicyclic amines) is 1. The molecule has 2 fully saturated rings. The highest BCUT2D eigenvalue weighted by atomic mass is 16.5. The molecule has 6 rings (SSSR count). The number of fused-ring (bicyclic) bond motifs is 1. The molecule has 1 saturated carbocycles. The quantitative estimate of drug-likeness (QED) is 0.297. The summed E-state index contributed by atoms with van der Waals surface area (Å²) in [4.78, 5) is 26.1. The largest absolute Gasteiger partial charge is 0.457 e. The minimum atomic E-state index is 0.00528. The monoisotopic (exact) mass is 537 g/mol. The molecule has 4 aromatic rings. The summed E-state index contributed by atoms with van der Waals surface area (Å²) >= 11 is 0. The van der Waals surface area contributed by atoms with Gasteiger partial charge in [0.25, 0.3) is 0 Å². The summed E-state index contributed by atoms with van der Waals surface area (Å²) in [5, 5.41) is 5.69. The van der Waals surface area contributed by atoms with E-state index in [0.29, 0.717) is 30.6 Å². The van der Waals surface area contributed by atoms with E-state index in [1.165, 1.54) is 25.6 Å². The van der Waals surface area contributed by atoms with Gasteiger partial charge in [-0.2, -0.15) is 5.10 Å². The summed E-state index contributed by atoms with van der Waals surface area (Å²) in [6, 6.07) is 18.1. The van der Waals surface area contributed by atoms with Crippen LogP contribution in [0, 0.1) is 0 Å². The Balaban J connectivity index is 1.18. The van der Waals surface area contributed by atoms with Gasteiger partial charge < -0.3 is 15.4 Å². The van der Waals surface area contributed by atoms with E-state index >= 15 is 0 Å². The number of nitrogens with two attached hydrogens (primary N) is 1. The van der Waals surface area contributed by atoms with Crippen molar-refractivity contribution in [3.63, 3.8) is 0 Å². The zero-order valence-electron chi connectivity index (χ0n) is 22.8. The van der Waals surface area contributed by atoms with Gasteiger partial charge in [0.2, 0.25) is 5.91 Å². The van der Waals surface area contributed by atoms with Gasteiger partial charge in [0, 0.05) is 37.3 Å². The number of rotatable bonds is 9. The Bertz CT molecular complexity index is 1500. The van der Waals surface area contributed by atoms with Crippen LogP contribution in [0.15, 0.2) is 73.1 Å². The van der Waals surface area contributed by atoms with Crippen LogP contribution in [0.5, 0.6) is 11.5 Å². The van der Waals surface area contributed by atoms with E-state index in [4.69, 9.17) is 15.6 Å². The molecule has 2 N–H and O–H groups in total. The van der Waals surface area contributed by atoms with Crippen molar-refractivity contribution in [2.45, 2.75) is 44.7 Å². The normalized spacial score (nSPS) is 17.6. The second-order valence-corrected chi connectivity index (χ2v) is 10.5. The van der Waals surface area contributed by atoms with Crippen LogP contribution in [0.3, 0.4) is 0 Å². The highest BCUT2D eigenvalue weighted by Gasteiger charge is 2.30. The first-order valence-corrected chi connectivity index (χ1v) is 14.1. The van der Waals surface area contributed by atoms with Gasteiger partial charge in [-0.05, 0) is 62.2 Å². The molecule has 2 aromatic heterocycles. The molecular formula is C31H35N7O2. The first-order chi connectivity index (χ1) is 19.6. The predicted octanol–water partition coefficient (Wildman–Crippen LogP) is 5.07. The molecule has 1 amide bonds. The van der Waals surface area contributed by atoms with Crippen LogP contribution in [0.4, 0.5) is 5.82 Å². The molecule has 0 spiro atoms. The van der Waals surface area contributed by atoms with Crippen LogP contribution in [0.25, 0.3) is 22.3 Å². The van der Waals surface area contributed by atoms with Crippen molar-refractivity contribution in [2.24, 2.45) is 0 Å². The first kappa shape index (κ1) is 26.0. The lowest BCUT2D eigenvalue weighted by Gasteiger charge is -2.36. The van der Waals surface area contributed by atoms with Gasteiger partial charge in [0.15, 0.2) is 5.65 Å². The number of benzene rings is 2. The number of nitrogen functional groups attached to an aromatic ring is 1. The minimum Gasteiger partial charge on any atom is -0.457 e. The fourth-order valence-electron chi connectivity index (χ4n) is 5.58. The van der Waals surface area contributed by atoms with Crippen LogP contribution in [0.2, 0.25) is 0 Å². The molecule has 1 saturated heterocycles. The van der Waals surface area contributed by atoms with Crippen molar-refractivity contribution in [3.8, 4) is 22.8 Å². The number of amides is 1. The highest BCUT2D eigenvalue weighted by molar-refractivity contribution is 5.98. The van der Waals surface area contributed by atoms with E-state index in [1.54, 1.807) is 6.08 Å². The predicted molar refractivity (Wildman–Crippen MR) is 156 cm³/mol. The average molecular weight is 538 g/mol. The number of likely N-dealkylation sites (N-methyl/N-ethyl adjacent to an activating group) is 1. The van der Waals surface area contributed by atoms with Crippen LogP contribution in [0.1, 0.15) is 38.6 Å². The smallest absolute Gasteiger partial charge is 0.246 e. The zero-order chi connectivity index (χ0) is 27.5. The number of aromatic nitrogens is 4. The van der Waals surface area contributed by atoms with Crippen LogP contribution < -0.4 is 10.5 Å². The third-order valence-electron chi connectivity index (χ3n) is 8.04. The maximum Gasteiger partial charge on any atom is 0.246 e. The number of para-hydroxylation sites is 1. The molecule has 40 heavy (non-hydrogen) atoms. The summed E-state index contributed by atoms with van der Waals surface area (Å²) in [5.41, 5.74) is 8.63. The van der Waals surface area contributed by atoms with Crippen molar-refractivity contribution in [2.75, 3.05) is 31.9 Å². The Morgan fingerprint density at radius 3 is 2.58 bits per heavy atom. The lowest BCUT2D eigenvalue weighted by molar-refractivity contribution is -0.125. The van der Waals surface area contributed by atoms with E-state index in [-0.39, 0.29) is 11.9 Å². The molecule has 9 heteroatoms. The molecule has 3 heterocycles. The molecule has 1 aliphatic carbocycles. The van der Waals surface area contributed by atoms with Crippen molar-refractivity contribution >= 4 is 22.8 Å². The molecule has 0 bridgehead atoms. The van der Waals surface area contributed by atoms with Crippen molar-refractivity contribution < 1.29 is 9.53 Å². The Morgan fingerprint density at radius 2 is 1.85 bits per heavy atom. The van der Waals surface area contributed by atoms with Gasteiger partial charge >= 0.3 is 0 Å². The Labute approximate surface area is 234 Å². The lowest BCUT2D eigenvalue weighted by atomic mass is 9.91. The van der Waals surface area contributed by atoms with E-state index in [2.05, 4.69) is 21.8 Å². The zero-order valence-corrected chi connectivity index (χ0v) is 22.8. The Hall–Kier alpha value is -4.24. The van der Waals surface area contributed by atoms with Crippen molar-refractivity contribution in [1.82, 2.24) is 29.5 Å².